The molecular weight excluding hydrogens is 300 g/mol. The number of nitrogen functional groups attached to an aromatic ring is 1. The van der Waals surface area contributed by atoms with Crippen LogP contribution in [0.4, 0.5) is 5.69 Å². The number of nitrogens with two attached hydrogens (primary N) is 1. The maximum atomic E-state index is 11.9. The summed E-state index contributed by atoms with van der Waals surface area (Å²) in [5.74, 6) is -1.99. The first-order chi connectivity index (χ1) is 8.32. The molecule has 2 atom stereocenters. The van der Waals surface area contributed by atoms with Gasteiger partial charge in [-0.25, -0.2) is 0 Å². The van der Waals surface area contributed by atoms with Crippen LogP contribution in [0, 0.1) is 5.92 Å². The Morgan fingerprint density at radius 2 is 2.00 bits per heavy atom. The Kier molecular flexibility index (Phi) is 4.72. The van der Waals surface area contributed by atoms with E-state index >= 15 is 0 Å². The number of hydrogen-bond acceptors (Lipinski definition) is 3. The first-order valence-electron chi connectivity index (χ1n) is 5.41. The van der Waals surface area contributed by atoms with E-state index in [0.29, 0.717) is 11.3 Å². The van der Waals surface area contributed by atoms with Crippen molar-refractivity contribution in [3.63, 3.8) is 0 Å². The zero-order valence-corrected chi connectivity index (χ0v) is 11.7. The smallest absolute Gasteiger partial charge is 0.308 e. The molecule has 0 spiro atoms. The van der Waals surface area contributed by atoms with Gasteiger partial charge in [-0.2, -0.15) is 0 Å². The number of carbonyl (C=O) groups is 2. The van der Waals surface area contributed by atoms with E-state index in [-0.39, 0.29) is 5.91 Å². The number of hydrogen-bond donors (Lipinski definition) is 3. The molecule has 0 saturated carbocycles. The number of carbonyl (C=O) groups excluding carboxylic acids is 1. The molecule has 4 N–H and O–H groups in total. The summed E-state index contributed by atoms with van der Waals surface area (Å²) < 4.78 is 0.781. The first kappa shape index (κ1) is 14.5. The minimum Gasteiger partial charge on any atom is -0.481 e. The lowest BCUT2D eigenvalue weighted by atomic mass is 10.0. The molecule has 0 saturated heterocycles. The molecule has 0 fully saturated rings. The van der Waals surface area contributed by atoms with Crippen LogP contribution in [0.15, 0.2) is 22.7 Å². The summed E-state index contributed by atoms with van der Waals surface area (Å²) in [6, 6.07) is 4.45. The molecule has 0 bridgehead atoms. The van der Waals surface area contributed by atoms with Crippen LogP contribution in [0.2, 0.25) is 0 Å². The Balaban J connectivity index is 2.79. The molecule has 18 heavy (non-hydrogen) atoms. The number of benzene rings is 1. The fourth-order valence-corrected chi connectivity index (χ4v) is 1.74. The number of carboxylic acid groups (broad SMARTS) is 1. The fraction of sp³-hybridized carbons (Fsp3) is 0.333. The molecule has 0 aliphatic carbocycles. The number of carboxylic acids is 1. The second kappa shape index (κ2) is 5.86. The van der Waals surface area contributed by atoms with Crippen molar-refractivity contribution in [2.45, 2.75) is 19.9 Å². The molecule has 1 aromatic carbocycles. The molecule has 5 nitrogen and oxygen atoms in total. The maximum Gasteiger partial charge on any atom is 0.308 e. The Hall–Kier alpha value is -1.56. The van der Waals surface area contributed by atoms with Crippen molar-refractivity contribution in [2.75, 3.05) is 5.73 Å². The summed E-state index contributed by atoms with van der Waals surface area (Å²) in [4.78, 5) is 22.7. The van der Waals surface area contributed by atoms with E-state index in [9.17, 15) is 9.59 Å². The Bertz CT molecular complexity index is 476. The molecule has 0 aliphatic heterocycles. The highest BCUT2D eigenvalue weighted by Crippen LogP contribution is 2.18. The average molecular weight is 315 g/mol. The van der Waals surface area contributed by atoms with Crippen molar-refractivity contribution in [1.29, 1.82) is 0 Å². The predicted molar refractivity (Wildman–Crippen MR) is 72.3 cm³/mol. The van der Waals surface area contributed by atoms with Crippen LogP contribution in [0.1, 0.15) is 24.2 Å². The lowest BCUT2D eigenvalue weighted by Crippen LogP contribution is -2.40. The van der Waals surface area contributed by atoms with Crippen molar-refractivity contribution >= 4 is 33.5 Å². The van der Waals surface area contributed by atoms with E-state index in [1.807, 2.05) is 0 Å². The van der Waals surface area contributed by atoms with Crippen LogP contribution in [0.3, 0.4) is 0 Å². The fourth-order valence-electron chi connectivity index (χ4n) is 1.36. The van der Waals surface area contributed by atoms with Crippen LogP contribution in [0.25, 0.3) is 0 Å². The summed E-state index contributed by atoms with van der Waals surface area (Å²) in [5, 5.41) is 11.5. The standard InChI is InChI=1S/C12H15BrN2O3/c1-6(12(17)18)7(2)15-11(16)9-4-3-8(13)5-10(9)14/h3-7H,14H2,1-2H3,(H,15,16)(H,17,18). The van der Waals surface area contributed by atoms with Gasteiger partial charge in [-0.15, -0.1) is 0 Å². The van der Waals surface area contributed by atoms with Crippen LogP contribution in [-0.2, 0) is 4.79 Å². The van der Waals surface area contributed by atoms with Crippen LogP contribution < -0.4 is 11.1 Å². The Labute approximate surface area is 113 Å². The van der Waals surface area contributed by atoms with Crippen molar-refractivity contribution in [1.82, 2.24) is 5.32 Å². The highest BCUT2D eigenvalue weighted by molar-refractivity contribution is 9.10. The summed E-state index contributed by atoms with van der Waals surface area (Å²) in [7, 11) is 0. The van der Waals surface area contributed by atoms with E-state index in [1.54, 1.807) is 25.1 Å². The third-order valence-corrected chi connectivity index (χ3v) is 3.25. The van der Waals surface area contributed by atoms with Gasteiger partial charge >= 0.3 is 5.97 Å². The average Bonchev–Trinajstić information content (AvgIpc) is 2.27. The minimum atomic E-state index is -0.952. The molecule has 0 aromatic heterocycles. The number of anilines is 1. The van der Waals surface area contributed by atoms with Gasteiger partial charge in [0.05, 0.1) is 11.5 Å². The first-order valence-corrected chi connectivity index (χ1v) is 6.21. The maximum absolute atomic E-state index is 11.9. The summed E-state index contributed by atoms with van der Waals surface area (Å²) >= 11 is 3.25. The monoisotopic (exact) mass is 314 g/mol. The SMILES string of the molecule is CC(NC(=O)c1ccc(Br)cc1N)C(C)C(=O)O. The quantitative estimate of drug-likeness (QED) is 0.740. The van der Waals surface area contributed by atoms with Gasteiger partial charge in [-0.1, -0.05) is 15.9 Å². The molecule has 0 heterocycles. The van der Waals surface area contributed by atoms with Crippen molar-refractivity contribution < 1.29 is 14.7 Å². The van der Waals surface area contributed by atoms with E-state index in [1.165, 1.54) is 6.92 Å². The van der Waals surface area contributed by atoms with Crippen molar-refractivity contribution in [3.8, 4) is 0 Å². The van der Waals surface area contributed by atoms with Crippen molar-refractivity contribution in [3.05, 3.63) is 28.2 Å². The van der Waals surface area contributed by atoms with Crippen LogP contribution >= 0.6 is 15.9 Å². The number of halogens is 1. The summed E-state index contributed by atoms with van der Waals surface area (Å²) in [6.07, 6.45) is 0. The van der Waals surface area contributed by atoms with Crippen LogP contribution in [-0.4, -0.2) is 23.0 Å². The van der Waals surface area contributed by atoms with Gasteiger partial charge in [0.2, 0.25) is 0 Å². The van der Waals surface area contributed by atoms with Gasteiger partial charge in [-0.05, 0) is 32.0 Å². The second-order valence-corrected chi connectivity index (χ2v) is 5.04. The largest absolute Gasteiger partial charge is 0.481 e. The van der Waals surface area contributed by atoms with Gasteiger partial charge < -0.3 is 16.2 Å². The van der Waals surface area contributed by atoms with E-state index in [0.717, 1.165) is 4.47 Å². The predicted octanol–water partition coefficient (Wildman–Crippen LogP) is 1.87. The lowest BCUT2D eigenvalue weighted by Gasteiger charge is -2.18. The van der Waals surface area contributed by atoms with E-state index in [4.69, 9.17) is 10.8 Å². The molecule has 1 amide bonds. The molecule has 1 aromatic rings. The highest BCUT2D eigenvalue weighted by atomic mass is 79.9. The number of amides is 1. The molecule has 0 radical (unpaired) electrons. The molecule has 0 aliphatic rings. The van der Waals surface area contributed by atoms with E-state index in [2.05, 4.69) is 21.2 Å². The Morgan fingerprint density at radius 3 is 2.50 bits per heavy atom. The molecule has 6 heteroatoms. The Morgan fingerprint density at radius 1 is 1.39 bits per heavy atom. The van der Waals surface area contributed by atoms with Gasteiger partial charge in [0.15, 0.2) is 0 Å². The number of nitrogens with one attached hydrogen (secondary N) is 1. The van der Waals surface area contributed by atoms with Gasteiger partial charge in [0.25, 0.3) is 5.91 Å². The molecule has 98 valence electrons. The third kappa shape index (κ3) is 3.46. The zero-order chi connectivity index (χ0) is 13.9. The lowest BCUT2D eigenvalue weighted by molar-refractivity contribution is -0.141. The van der Waals surface area contributed by atoms with Crippen LogP contribution in [0.5, 0.6) is 0 Å². The highest BCUT2D eigenvalue weighted by Gasteiger charge is 2.22. The number of rotatable bonds is 4. The zero-order valence-electron chi connectivity index (χ0n) is 10.1. The summed E-state index contributed by atoms with van der Waals surface area (Å²) in [5.41, 5.74) is 6.41. The van der Waals surface area contributed by atoms with Gasteiger partial charge in [-0.3, -0.25) is 9.59 Å². The molecule has 2 unspecified atom stereocenters. The third-order valence-electron chi connectivity index (χ3n) is 2.76. The molecular formula is C12H15BrN2O3. The van der Waals surface area contributed by atoms with Gasteiger partial charge in [0.1, 0.15) is 0 Å². The molecule has 1 rings (SSSR count). The van der Waals surface area contributed by atoms with E-state index < -0.39 is 17.9 Å². The minimum absolute atomic E-state index is 0.336. The van der Waals surface area contributed by atoms with Gasteiger partial charge in [0, 0.05) is 16.2 Å². The van der Waals surface area contributed by atoms with Crippen molar-refractivity contribution in [2.24, 2.45) is 5.92 Å². The normalized spacial score (nSPS) is 13.7. The second-order valence-electron chi connectivity index (χ2n) is 4.12. The topological polar surface area (TPSA) is 92.4 Å². The summed E-state index contributed by atoms with van der Waals surface area (Å²) in [6.45, 7) is 3.18. The number of aliphatic carboxylic acids is 1.